The van der Waals surface area contributed by atoms with Gasteiger partial charge < -0.3 is 9.15 Å². The molecule has 0 N–H and O–H groups in total. The van der Waals surface area contributed by atoms with Crippen LogP contribution in [-0.2, 0) is 6.42 Å². The first-order valence-electron chi connectivity index (χ1n) is 6.87. The molecule has 0 atom stereocenters. The second kappa shape index (κ2) is 5.70. The Bertz CT molecular complexity index is 612. The second-order valence-corrected chi connectivity index (χ2v) is 5.52. The molecule has 0 spiro atoms. The Kier molecular flexibility index (Phi) is 4.17. The number of benzene rings is 1. The minimum absolute atomic E-state index is 0.0697. The standard InChI is InChI=1S/C17H21FO2/c1-10(2)20-15-6-11(3)17(18)14(7-15)8-16-13(5)12(4)9-19-16/h6-7,9-10H,8H2,1-5H3. The zero-order valence-corrected chi connectivity index (χ0v) is 12.7. The fourth-order valence-electron chi connectivity index (χ4n) is 2.18. The summed E-state index contributed by atoms with van der Waals surface area (Å²) in [7, 11) is 0. The predicted molar refractivity (Wildman–Crippen MR) is 77.9 cm³/mol. The number of ether oxygens (including phenoxy) is 1. The van der Waals surface area contributed by atoms with Crippen LogP contribution in [0.25, 0.3) is 0 Å². The van der Waals surface area contributed by atoms with Crippen molar-refractivity contribution in [2.24, 2.45) is 0 Å². The molecule has 0 aliphatic carbocycles. The van der Waals surface area contributed by atoms with Gasteiger partial charge in [-0.25, -0.2) is 4.39 Å². The zero-order chi connectivity index (χ0) is 14.9. The molecule has 0 aliphatic rings. The van der Waals surface area contributed by atoms with Crippen LogP contribution in [-0.4, -0.2) is 6.10 Å². The minimum Gasteiger partial charge on any atom is -0.491 e. The summed E-state index contributed by atoms with van der Waals surface area (Å²) in [5.74, 6) is 1.33. The van der Waals surface area contributed by atoms with Gasteiger partial charge in [-0.2, -0.15) is 0 Å². The first-order valence-corrected chi connectivity index (χ1v) is 6.87. The van der Waals surface area contributed by atoms with Crippen LogP contribution in [0.5, 0.6) is 5.75 Å². The fourth-order valence-corrected chi connectivity index (χ4v) is 2.18. The van der Waals surface area contributed by atoms with E-state index in [1.165, 1.54) is 0 Å². The molecule has 0 radical (unpaired) electrons. The quantitative estimate of drug-likeness (QED) is 0.806. The Balaban J connectivity index is 2.35. The number of furan rings is 1. The summed E-state index contributed by atoms with van der Waals surface area (Å²) in [6.45, 7) is 9.65. The molecule has 0 unspecified atom stereocenters. The van der Waals surface area contributed by atoms with Gasteiger partial charge in [0.2, 0.25) is 0 Å². The van der Waals surface area contributed by atoms with E-state index in [1.807, 2.05) is 27.7 Å². The van der Waals surface area contributed by atoms with Gasteiger partial charge in [-0.3, -0.25) is 0 Å². The molecule has 1 heterocycles. The van der Waals surface area contributed by atoms with E-state index >= 15 is 0 Å². The molecule has 1 aromatic carbocycles. The Morgan fingerprint density at radius 2 is 1.85 bits per heavy atom. The molecule has 108 valence electrons. The topological polar surface area (TPSA) is 22.4 Å². The summed E-state index contributed by atoms with van der Waals surface area (Å²) in [6.07, 6.45) is 2.23. The summed E-state index contributed by atoms with van der Waals surface area (Å²) < 4.78 is 25.4. The average Bonchev–Trinajstić information content (AvgIpc) is 2.66. The van der Waals surface area contributed by atoms with E-state index in [-0.39, 0.29) is 11.9 Å². The highest BCUT2D eigenvalue weighted by atomic mass is 19.1. The summed E-state index contributed by atoms with van der Waals surface area (Å²) in [5, 5.41) is 0. The number of aryl methyl sites for hydroxylation is 2. The molecular formula is C17H21FO2. The normalized spacial score (nSPS) is 11.2. The van der Waals surface area contributed by atoms with Gasteiger partial charge in [0.25, 0.3) is 0 Å². The molecule has 0 aliphatic heterocycles. The lowest BCUT2D eigenvalue weighted by molar-refractivity contribution is 0.241. The van der Waals surface area contributed by atoms with Gasteiger partial charge in [-0.05, 0) is 69.0 Å². The van der Waals surface area contributed by atoms with E-state index in [0.29, 0.717) is 23.3 Å². The van der Waals surface area contributed by atoms with Crippen LogP contribution >= 0.6 is 0 Å². The molecule has 0 amide bonds. The maximum Gasteiger partial charge on any atom is 0.130 e. The van der Waals surface area contributed by atoms with Crippen molar-refractivity contribution in [1.29, 1.82) is 0 Å². The lowest BCUT2D eigenvalue weighted by atomic mass is 10.0. The smallest absolute Gasteiger partial charge is 0.130 e. The summed E-state index contributed by atoms with van der Waals surface area (Å²) >= 11 is 0. The van der Waals surface area contributed by atoms with E-state index in [0.717, 1.165) is 16.9 Å². The number of hydrogen-bond acceptors (Lipinski definition) is 2. The van der Waals surface area contributed by atoms with Gasteiger partial charge in [0.1, 0.15) is 17.3 Å². The van der Waals surface area contributed by atoms with Crippen LogP contribution in [0.4, 0.5) is 4.39 Å². The highest BCUT2D eigenvalue weighted by molar-refractivity contribution is 5.39. The van der Waals surface area contributed by atoms with Gasteiger partial charge in [-0.15, -0.1) is 0 Å². The predicted octanol–water partition coefficient (Wildman–Crippen LogP) is 4.72. The van der Waals surface area contributed by atoms with Crippen molar-refractivity contribution in [2.75, 3.05) is 0 Å². The second-order valence-electron chi connectivity index (χ2n) is 5.52. The van der Waals surface area contributed by atoms with Gasteiger partial charge in [0.05, 0.1) is 12.4 Å². The summed E-state index contributed by atoms with van der Waals surface area (Å²) in [6, 6.07) is 3.50. The largest absolute Gasteiger partial charge is 0.491 e. The van der Waals surface area contributed by atoms with Crippen LogP contribution in [0.15, 0.2) is 22.8 Å². The van der Waals surface area contributed by atoms with E-state index in [1.54, 1.807) is 25.3 Å². The Morgan fingerprint density at radius 3 is 2.40 bits per heavy atom. The summed E-state index contributed by atoms with van der Waals surface area (Å²) in [5.41, 5.74) is 3.38. The van der Waals surface area contributed by atoms with Crippen molar-refractivity contribution in [3.05, 3.63) is 52.2 Å². The molecule has 3 heteroatoms. The molecule has 0 saturated carbocycles. The molecule has 2 nitrogen and oxygen atoms in total. The third kappa shape index (κ3) is 3.03. The highest BCUT2D eigenvalue weighted by Crippen LogP contribution is 2.26. The van der Waals surface area contributed by atoms with Crippen LogP contribution in [0.1, 0.15) is 41.9 Å². The van der Waals surface area contributed by atoms with Gasteiger partial charge >= 0.3 is 0 Å². The third-order valence-corrected chi connectivity index (χ3v) is 3.41. The number of hydrogen-bond donors (Lipinski definition) is 0. The van der Waals surface area contributed by atoms with Crippen LogP contribution in [0, 0.1) is 26.6 Å². The first kappa shape index (κ1) is 14.6. The molecule has 1 aromatic heterocycles. The molecule has 0 saturated heterocycles. The van der Waals surface area contributed by atoms with Crippen LogP contribution in [0.2, 0.25) is 0 Å². The Labute approximate surface area is 119 Å². The van der Waals surface area contributed by atoms with Gasteiger partial charge in [0.15, 0.2) is 0 Å². The van der Waals surface area contributed by atoms with Gasteiger partial charge in [0, 0.05) is 6.42 Å². The van der Waals surface area contributed by atoms with Crippen molar-refractivity contribution >= 4 is 0 Å². The monoisotopic (exact) mass is 276 g/mol. The van der Waals surface area contributed by atoms with E-state index in [2.05, 4.69) is 0 Å². The molecule has 0 bridgehead atoms. The maximum absolute atomic E-state index is 14.2. The summed E-state index contributed by atoms with van der Waals surface area (Å²) in [4.78, 5) is 0. The SMILES string of the molecule is Cc1coc(Cc2cc(OC(C)C)cc(C)c2F)c1C. The third-order valence-electron chi connectivity index (χ3n) is 3.41. The molecule has 2 aromatic rings. The first-order chi connectivity index (χ1) is 9.38. The highest BCUT2D eigenvalue weighted by Gasteiger charge is 2.14. The number of halogens is 1. The number of rotatable bonds is 4. The van der Waals surface area contributed by atoms with E-state index in [4.69, 9.17) is 9.15 Å². The zero-order valence-electron chi connectivity index (χ0n) is 12.7. The molecular weight excluding hydrogens is 255 g/mol. The molecule has 20 heavy (non-hydrogen) atoms. The van der Waals surface area contributed by atoms with E-state index in [9.17, 15) is 4.39 Å². The fraction of sp³-hybridized carbons (Fsp3) is 0.412. The molecule has 0 fully saturated rings. The maximum atomic E-state index is 14.2. The van der Waals surface area contributed by atoms with Crippen LogP contribution < -0.4 is 4.74 Å². The van der Waals surface area contributed by atoms with Crippen molar-refractivity contribution < 1.29 is 13.5 Å². The van der Waals surface area contributed by atoms with E-state index < -0.39 is 0 Å². The van der Waals surface area contributed by atoms with Crippen molar-refractivity contribution in [3.8, 4) is 5.75 Å². The van der Waals surface area contributed by atoms with Gasteiger partial charge in [-0.1, -0.05) is 0 Å². The lowest BCUT2D eigenvalue weighted by Gasteiger charge is -2.13. The Morgan fingerprint density at radius 1 is 1.15 bits per heavy atom. The Hall–Kier alpha value is -1.77. The lowest BCUT2D eigenvalue weighted by Crippen LogP contribution is -2.07. The van der Waals surface area contributed by atoms with Crippen molar-refractivity contribution in [3.63, 3.8) is 0 Å². The van der Waals surface area contributed by atoms with Crippen molar-refractivity contribution in [1.82, 2.24) is 0 Å². The minimum atomic E-state index is -0.186. The van der Waals surface area contributed by atoms with Crippen LogP contribution in [0.3, 0.4) is 0 Å². The average molecular weight is 276 g/mol. The molecule has 2 rings (SSSR count). The van der Waals surface area contributed by atoms with Crippen molar-refractivity contribution in [2.45, 2.75) is 47.1 Å².